The van der Waals surface area contributed by atoms with Crippen LogP contribution in [0.1, 0.15) is 25.8 Å². The zero-order valence-electron chi connectivity index (χ0n) is 25.2. The third-order valence-electron chi connectivity index (χ3n) is 7.46. The molecule has 5 aromatic rings. The summed E-state index contributed by atoms with van der Waals surface area (Å²) in [5.41, 5.74) is 3.04. The largest absolute Gasteiger partial charge is 0.457 e. The molecule has 0 bridgehead atoms. The molecule has 1 aliphatic heterocycles. The Labute approximate surface area is 253 Å². The Morgan fingerprint density at radius 2 is 1.93 bits per heavy atom. The van der Waals surface area contributed by atoms with Crippen molar-refractivity contribution in [1.82, 2.24) is 34.8 Å². The first-order valence-corrected chi connectivity index (χ1v) is 14.2. The van der Waals surface area contributed by atoms with Gasteiger partial charge < -0.3 is 19.9 Å². The van der Waals surface area contributed by atoms with E-state index in [4.69, 9.17) is 9.72 Å². The molecule has 1 N–H and O–H groups in total. The molecule has 3 aromatic heterocycles. The summed E-state index contributed by atoms with van der Waals surface area (Å²) in [5.74, 6) is -0.363. The molecule has 1 atom stereocenters. The quantitative estimate of drug-likeness (QED) is 0.230. The van der Waals surface area contributed by atoms with Gasteiger partial charge in [0.2, 0.25) is 0 Å². The average molecular weight is 602 g/mol. The Hall–Kier alpha value is -5.20. The lowest BCUT2D eigenvalue weighted by Crippen LogP contribution is -2.37. The maximum absolute atomic E-state index is 15.6. The second-order valence-corrected chi connectivity index (χ2v) is 10.1. The van der Waals surface area contributed by atoms with Crippen LogP contribution in [0.2, 0.25) is 0 Å². The number of hydrogen-bond donors (Lipinski definition) is 1. The summed E-state index contributed by atoms with van der Waals surface area (Å²) in [5, 5.41) is 11.1. The molecular weight excluding hydrogens is 568 g/mol. The lowest BCUT2D eigenvalue weighted by Gasteiger charge is -2.26. The number of carbonyl (C=O) groups is 1. The van der Waals surface area contributed by atoms with Crippen molar-refractivity contribution in [2.24, 2.45) is 7.05 Å². The summed E-state index contributed by atoms with van der Waals surface area (Å²) in [6.45, 7) is 9.51. The van der Waals surface area contributed by atoms with Gasteiger partial charge in [0.15, 0.2) is 17.5 Å². The number of aromatic nitrogens is 6. The van der Waals surface area contributed by atoms with E-state index in [2.05, 4.69) is 32.2 Å². The van der Waals surface area contributed by atoms with E-state index in [0.717, 1.165) is 5.52 Å². The van der Waals surface area contributed by atoms with Crippen LogP contribution < -0.4 is 15.0 Å². The van der Waals surface area contributed by atoms with Gasteiger partial charge in [-0.3, -0.25) is 4.79 Å². The van der Waals surface area contributed by atoms with Gasteiger partial charge in [-0.2, -0.15) is 0 Å². The van der Waals surface area contributed by atoms with E-state index >= 15 is 4.39 Å². The highest BCUT2D eigenvalue weighted by molar-refractivity contribution is 5.91. The number of rotatable bonds is 7. The van der Waals surface area contributed by atoms with Gasteiger partial charge in [-0.1, -0.05) is 25.6 Å². The number of nitrogens with one attached hydrogen (secondary N) is 1. The first-order valence-electron chi connectivity index (χ1n) is 14.2. The predicted molar refractivity (Wildman–Crippen MR) is 165 cm³/mol. The van der Waals surface area contributed by atoms with Crippen molar-refractivity contribution in [3.8, 4) is 11.5 Å². The number of likely N-dealkylation sites (tertiary alicyclic amines) is 1. The molecule has 11 nitrogen and oxygen atoms in total. The first-order chi connectivity index (χ1) is 21.2. The van der Waals surface area contributed by atoms with E-state index in [0.29, 0.717) is 64.8 Å². The number of likely N-dealkylation sites (N-methyl/N-ethyl adjacent to an activating group) is 1. The first kappa shape index (κ1) is 30.3. The summed E-state index contributed by atoms with van der Waals surface area (Å²) in [6.07, 6.45) is 2.03. The second kappa shape index (κ2) is 12.6. The average Bonchev–Trinajstić information content (AvgIpc) is 3.68. The fourth-order valence-electron chi connectivity index (χ4n) is 5.03. The highest BCUT2D eigenvalue weighted by atomic mass is 19.1. The summed E-state index contributed by atoms with van der Waals surface area (Å²) in [6, 6.07) is 12.2. The molecule has 228 valence electrons. The fraction of sp³-hybridized carbons (Fsp3) is 0.290. The standard InChI is InChI=1S/C29H27F2N9O2.C2H6/c1-16-24(42-19-5-8-23-22(13-19)36-37-39(23)4)9-6-20(26(16)31)34-28-27-21(32-15-33-28)7-10-25(35-27)38(3)18-11-12-40(14-18)29(41)17(2)30;1-2/h5-10,13,15,18H,2,11-12,14H2,1,3-4H3,(H,32,33,34);1-2H3. The molecule has 44 heavy (non-hydrogen) atoms. The van der Waals surface area contributed by atoms with Crippen LogP contribution in [0.25, 0.3) is 22.1 Å². The van der Waals surface area contributed by atoms with Crippen LogP contribution in [0.3, 0.4) is 0 Å². The third-order valence-corrected chi connectivity index (χ3v) is 7.46. The number of halogens is 2. The van der Waals surface area contributed by atoms with Crippen LogP contribution in [0.4, 0.5) is 26.1 Å². The number of nitrogens with zero attached hydrogens (tertiary/aromatic N) is 8. The second-order valence-electron chi connectivity index (χ2n) is 10.1. The lowest BCUT2D eigenvalue weighted by molar-refractivity contribution is -0.127. The normalized spacial score (nSPS) is 14.3. The number of hydrogen-bond acceptors (Lipinski definition) is 9. The maximum Gasteiger partial charge on any atom is 0.282 e. The van der Waals surface area contributed by atoms with Crippen molar-refractivity contribution < 1.29 is 18.3 Å². The van der Waals surface area contributed by atoms with Crippen LogP contribution in [0, 0.1) is 12.7 Å². The summed E-state index contributed by atoms with van der Waals surface area (Å²) in [7, 11) is 3.66. The summed E-state index contributed by atoms with van der Waals surface area (Å²) >= 11 is 0. The Morgan fingerprint density at radius 1 is 1.14 bits per heavy atom. The molecule has 1 saturated heterocycles. The Bertz CT molecular complexity index is 1860. The molecule has 4 heterocycles. The van der Waals surface area contributed by atoms with Crippen molar-refractivity contribution in [2.45, 2.75) is 33.2 Å². The molecule has 0 saturated carbocycles. The van der Waals surface area contributed by atoms with Crippen molar-refractivity contribution in [1.29, 1.82) is 0 Å². The highest BCUT2D eigenvalue weighted by Gasteiger charge is 2.31. The number of benzene rings is 2. The van der Waals surface area contributed by atoms with Crippen LogP contribution in [0.5, 0.6) is 11.5 Å². The summed E-state index contributed by atoms with van der Waals surface area (Å²) in [4.78, 5) is 28.8. The van der Waals surface area contributed by atoms with Gasteiger partial charge in [0.1, 0.15) is 34.7 Å². The Balaban J connectivity index is 0.00000188. The minimum absolute atomic E-state index is 0.0680. The van der Waals surface area contributed by atoms with Gasteiger partial charge >= 0.3 is 0 Å². The molecule has 1 fully saturated rings. The van der Waals surface area contributed by atoms with Gasteiger partial charge in [-0.25, -0.2) is 28.4 Å². The minimum atomic E-state index is -0.972. The number of anilines is 3. The SMILES string of the molecule is C=C(F)C(=O)N1CCC(N(C)c2ccc3ncnc(Nc4ccc(Oc5ccc6c(c5)nnn6C)c(C)c4F)c3n2)C1.CC. The van der Waals surface area contributed by atoms with Gasteiger partial charge in [0, 0.05) is 44.9 Å². The number of carbonyl (C=O) groups excluding carboxylic acids is 1. The van der Waals surface area contributed by atoms with Crippen LogP contribution >= 0.6 is 0 Å². The summed E-state index contributed by atoms with van der Waals surface area (Å²) < 4.78 is 36.6. The zero-order chi connectivity index (χ0) is 31.5. The number of amides is 1. The van der Waals surface area contributed by atoms with E-state index in [1.807, 2.05) is 37.9 Å². The van der Waals surface area contributed by atoms with Crippen molar-refractivity contribution in [3.63, 3.8) is 0 Å². The lowest BCUT2D eigenvalue weighted by atomic mass is 10.1. The molecule has 13 heteroatoms. The van der Waals surface area contributed by atoms with Crippen molar-refractivity contribution >= 4 is 45.3 Å². The smallest absolute Gasteiger partial charge is 0.282 e. The molecule has 1 unspecified atom stereocenters. The van der Waals surface area contributed by atoms with Crippen LogP contribution in [-0.4, -0.2) is 66.9 Å². The molecule has 2 aromatic carbocycles. The van der Waals surface area contributed by atoms with Gasteiger partial charge in [-0.15, -0.1) is 5.10 Å². The van der Waals surface area contributed by atoms with Gasteiger partial charge in [0.05, 0.1) is 16.7 Å². The number of aryl methyl sites for hydroxylation is 1. The number of fused-ring (bicyclic) bond motifs is 2. The maximum atomic E-state index is 15.6. The Morgan fingerprint density at radius 3 is 2.70 bits per heavy atom. The van der Waals surface area contributed by atoms with Crippen molar-refractivity contribution in [3.05, 3.63) is 72.6 Å². The van der Waals surface area contributed by atoms with E-state index in [-0.39, 0.29) is 11.7 Å². The topological polar surface area (TPSA) is 114 Å². The molecular formula is C31H33F2N9O2. The van der Waals surface area contributed by atoms with Gasteiger partial charge in [-0.05, 0) is 49.7 Å². The molecule has 1 aliphatic rings. The molecule has 0 radical (unpaired) electrons. The van der Waals surface area contributed by atoms with Crippen LogP contribution in [-0.2, 0) is 11.8 Å². The molecule has 1 amide bonds. The number of pyridine rings is 1. The Kier molecular flexibility index (Phi) is 8.65. The van der Waals surface area contributed by atoms with E-state index in [1.54, 1.807) is 49.0 Å². The molecule has 6 rings (SSSR count). The van der Waals surface area contributed by atoms with E-state index in [1.165, 1.54) is 11.2 Å². The molecule has 0 aliphatic carbocycles. The molecule has 0 spiro atoms. The predicted octanol–water partition coefficient (Wildman–Crippen LogP) is 5.84. The van der Waals surface area contributed by atoms with Crippen LogP contribution in [0.15, 0.2) is 61.2 Å². The minimum Gasteiger partial charge on any atom is -0.457 e. The van der Waals surface area contributed by atoms with Gasteiger partial charge in [0.25, 0.3) is 5.91 Å². The zero-order valence-corrected chi connectivity index (χ0v) is 25.2. The monoisotopic (exact) mass is 601 g/mol. The third kappa shape index (κ3) is 5.85. The highest BCUT2D eigenvalue weighted by Crippen LogP contribution is 2.34. The fourth-order valence-corrected chi connectivity index (χ4v) is 5.03. The van der Waals surface area contributed by atoms with E-state index < -0.39 is 17.6 Å². The van der Waals surface area contributed by atoms with Crippen molar-refractivity contribution in [2.75, 3.05) is 30.4 Å². The van der Waals surface area contributed by atoms with E-state index in [9.17, 15) is 9.18 Å². The number of ether oxygens (including phenoxy) is 1.